The third kappa shape index (κ3) is 2.00. The molecule has 0 aliphatic carbocycles. The Kier molecular flexibility index (Phi) is 3.20. The third-order valence-electron chi connectivity index (χ3n) is 2.44. The van der Waals surface area contributed by atoms with Gasteiger partial charge in [-0.3, -0.25) is 0 Å². The number of halogens is 1. The fourth-order valence-electron chi connectivity index (χ4n) is 1.68. The Morgan fingerprint density at radius 2 is 2.50 bits per heavy atom. The van der Waals surface area contributed by atoms with Crippen LogP contribution in [0.25, 0.3) is 0 Å². The van der Waals surface area contributed by atoms with Gasteiger partial charge in [-0.2, -0.15) is 5.26 Å². The van der Waals surface area contributed by atoms with Crippen molar-refractivity contribution < 1.29 is 0 Å². The van der Waals surface area contributed by atoms with Gasteiger partial charge in [0, 0.05) is 15.8 Å². The summed E-state index contributed by atoms with van der Waals surface area (Å²) in [4.78, 5) is 1.31. The SMILES string of the molecule is N#CC1(Cc2sccc2Br)CCCS1. The van der Waals surface area contributed by atoms with Crippen LogP contribution in [0.4, 0.5) is 0 Å². The number of nitriles is 1. The zero-order chi connectivity index (χ0) is 10.0. The summed E-state index contributed by atoms with van der Waals surface area (Å²) >= 11 is 7.08. The van der Waals surface area contributed by atoms with Crippen molar-refractivity contribution in [3.8, 4) is 6.07 Å². The zero-order valence-corrected chi connectivity index (χ0v) is 10.8. The molecule has 2 rings (SSSR count). The fraction of sp³-hybridized carbons (Fsp3) is 0.500. The molecule has 1 aromatic heterocycles. The van der Waals surface area contributed by atoms with Crippen LogP contribution >= 0.6 is 39.0 Å². The van der Waals surface area contributed by atoms with Crippen molar-refractivity contribution >= 4 is 39.0 Å². The number of hydrogen-bond donors (Lipinski definition) is 0. The van der Waals surface area contributed by atoms with Gasteiger partial charge < -0.3 is 0 Å². The molecule has 1 saturated heterocycles. The molecule has 1 nitrogen and oxygen atoms in total. The number of hydrogen-bond acceptors (Lipinski definition) is 3. The molecule has 0 saturated carbocycles. The first-order valence-electron chi connectivity index (χ1n) is 4.53. The average molecular weight is 288 g/mol. The highest BCUT2D eigenvalue weighted by Gasteiger charge is 2.35. The molecule has 1 aliphatic rings. The smallest absolute Gasteiger partial charge is 0.107 e. The standard InChI is InChI=1S/C10H10BrNS2/c11-8-2-5-13-9(8)6-10(7-12)3-1-4-14-10/h2,5H,1,3-4,6H2. The van der Waals surface area contributed by atoms with Crippen molar-refractivity contribution in [3.63, 3.8) is 0 Å². The Bertz CT molecular complexity index is 360. The normalized spacial score (nSPS) is 26.3. The molecule has 0 amide bonds. The molecular weight excluding hydrogens is 278 g/mol. The van der Waals surface area contributed by atoms with E-state index in [9.17, 15) is 5.26 Å². The zero-order valence-electron chi connectivity index (χ0n) is 7.62. The Balaban J connectivity index is 2.17. The summed E-state index contributed by atoms with van der Waals surface area (Å²) in [6.07, 6.45) is 3.12. The van der Waals surface area contributed by atoms with Crippen LogP contribution in [0.5, 0.6) is 0 Å². The van der Waals surface area contributed by atoms with Crippen LogP contribution in [-0.2, 0) is 6.42 Å². The van der Waals surface area contributed by atoms with Crippen LogP contribution in [0.1, 0.15) is 17.7 Å². The van der Waals surface area contributed by atoms with Crippen LogP contribution in [0, 0.1) is 11.3 Å². The summed E-state index contributed by atoms with van der Waals surface area (Å²) in [5.41, 5.74) is 0. The summed E-state index contributed by atoms with van der Waals surface area (Å²) in [5, 5.41) is 11.3. The first kappa shape index (κ1) is 10.5. The van der Waals surface area contributed by atoms with E-state index in [0.29, 0.717) is 0 Å². The van der Waals surface area contributed by atoms with Crippen LogP contribution in [0.15, 0.2) is 15.9 Å². The lowest BCUT2D eigenvalue weighted by atomic mass is 10.0. The summed E-state index contributed by atoms with van der Waals surface area (Å²) in [5.74, 6) is 1.14. The molecular formula is C10H10BrNS2. The summed E-state index contributed by atoms with van der Waals surface area (Å²) < 4.78 is 1.01. The van der Waals surface area contributed by atoms with Crippen molar-refractivity contribution in [3.05, 3.63) is 20.8 Å². The number of thiophene rings is 1. The number of nitrogens with zero attached hydrogens (tertiary/aromatic N) is 1. The van der Waals surface area contributed by atoms with Crippen molar-refractivity contribution in [1.29, 1.82) is 5.26 Å². The van der Waals surface area contributed by atoms with Gasteiger partial charge in [-0.25, -0.2) is 0 Å². The highest BCUT2D eigenvalue weighted by Crippen LogP contribution is 2.42. The van der Waals surface area contributed by atoms with E-state index in [1.165, 1.54) is 11.3 Å². The largest absolute Gasteiger partial charge is 0.197 e. The van der Waals surface area contributed by atoms with Gasteiger partial charge in [0.1, 0.15) is 4.75 Å². The summed E-state index contributed by atoms with van der Waals surface area (Å²) in [7, 11) is 0. The molecule has 0 spiro atoms. The fourth-order valence-corrected chi connectivity index (χ4v) is 4.65. The number of rotatable bonds is 2. The second-order valence-corrected chi connectivity index (χ2v) is 6.76. The molecule has 4 heteroatoms. The van der Waals surface area contributed by atoms with E-state index in [2.05, 4.69) is 33.4 Å². The predicted octanol–water partition coefficient (Wildman–Crippen LogP) is 3.84. The molecule has 1 atom stereocenters. The third-order valence-corrected chi connectivity index (χ3v) is 5.86. The van der Waals surface area contributed by atoms with E-state index >= 15 is 0 Å². The van der Waals surface area contributed by atoms with E-state index < -0.39 is 0 Å². The first-order chi connectivity index (χ1) is 6.76. The van der Waals surface area contributed by atoms with E-state index in [-0.39, 0.29) is 4.75 Å². The quantitative estimate of drug-likeness (QED) is 0.825. The Labute approximate surface area is 101 Å². The Morgan fingerprint density at radius 1 is 1.64 bits per heavy atom. The maximum Gasteiger partial charge on any atom is 0.107 e. The first-order valence-corrected chi connectivity index (χ1v) is 7.19. The molecule has 0 aromatic carbocycles. The molecule has 1 unspecified atom stereocenters. The summed E-state index contributed by atoms with van der Waals surface area (Å²) in [6, 6.07) is 4.55. The van der Waals surface area contributed by atoms with Crippen molar-refractivity contribution in [2.45, 2.75) is 24.0 Å². The minimum atomic E-state index is -0.145. The summed E-state index contributed by atoms with van der Waals surface area (Å²) in [6.45, 7) is 0. The lowest BCUT2D eigenvalue weighted by molar-refractivity contribution is 0.676. The molecule has 74 valence electrons. The van der Waals surface area contributed by atoms with E-state index in [4.69, 9.17) is 0 Å². The molecule has 0 bridgehead atoms. The molecule has 0 N–H and O–H groups in total. The molecule has 1 aliphatic heterocycles. The minimum Gasteiger partial charge on any atom is -0.197 e. The Hall–Kier alpha value is 0.0200. The van der Waals surface area contributed by atoms with Crippen LogP contribution in [0.3, 0.4) is 0 Å². The second kappa shape index (κ2) is 4.26. The molecule has 1 fully saturated rings. The van der Waals surface area contributed by atoms with Gasteiger partial charge >= 0.3 is 0 Å². The van der Waals surface area contributed by atoms with Crippen LogP contribution < -0.4 is 0 Å². The van der Waals surface area contributed by atoms with Gasteiger partial charge in [-0.1, -0.05) is 0 Å². The van der Waals surface area contributed by atoms with Crippen LogP contribution in [0.2, 0.25) is 0 Å². The highest BCUT2D eigenvalue weighted by molar-refractivity contribution is 9.10. The maximum atomic E-state index is 9.22. The van der Waals surface area contributed by atoms with Gasteiger partial charge in [0.25, 0.3) is 0 Å². The minimum absolute atomic E-state index is 0.145. The molecule has 1 aromatic rings. The highest BCUT2D eigenvalue weighted by atomic mass is 79.9. The average Bonchev–Trinajstić information content (AvgIpc) is 2.79. The van der Waals surface area contributed by atoms with E-state index in [0.717, 1.165) is 23.1 Å². The molecule has 2 heterocycles. The number of thioether (sulfide) groups is 1. The van der Waals surface area contributed by atoms with E-state index in [1.807, 2.05) is 11.8 Å². The maximum absolute atomic E-state index is 9.22. The van der Waals surface area contributed by atoms with Gasteiger partial charge in [0.15, 0.2) is 0 Å². The van der Waals surface area contributed by atoms with Gasteiger partial charge in [-0.15, -0.1) is 23.1 Å². The lowest BCUT2D eigenvalue weighted by Gasteiger charge is -2.18. The van der Waals surface area contributed by atoms with Gasteiger partial charge in [0.05, 0.1) is 6.07 Å². The van der Waals surface area contributed by atoms with Crippen molar-refractivity contribution in [2.75, 3.05) is 5.75 Å². The monoisotopic (exact) mass is 287 g/mol. The molecule has 14 heavy (non-hydrogen) atoms. The predicted molar refractivity (Wildman–Crippen MR) is 65.8 cm³/mol. The Morgan fingerprint density at radius 3 is 3.00 bits per heavy atom. The topological polar surface area (TPSA) is 23.8 Å². The lowest BCUT2D eigenvalue weighted by Crippen LogP contribution is -2.21. The van der Waals surface area contributed by atoms with Crippen LogP contribution in [-0.4, -0.2) is 10.5 Å². The van der Waals surface area contributed by atoms with Gasteiger partial charge in [0.2, 0.25) is 0 Å². The second-order valence-electron chi connectivity index (χ2n) is 3.43. The molecule has 0 radical (unpaired) electrons. The van der Waals surface area contributed by atoms with Crippen molar-refractivity contribution in [2.24, 2.45) is 0 Å². The van der Waals surface area contributed by atoms with Crippen molar-refractivity contribution in [1.82, 2.24) is 0 Å². The van der Waals surface area contributed by atoms with E-state index in [1.54, 1.807) is 11.3 Å². The van der Waals surface area contributed by atoms with Gasteiger partial charge in [-0.05, 0) is 46.0 Å².